The van der Waals surface area contributed by atoms with Crippen LogP contribution in [0.1, 0.15) is 123 Å². The van der Waals surface area contributed by atoms with Gasteiger partial charge in [-0.3, -0.25) is 33.6 Å². The molecule has 81 heavy (non-hydrogen) atoms. The van der Waals surface area contributed by atoms with E-state index in [0.29, 0.717) is 79.6 Å². The van der Waals surface area contributed by atoms with Crippen LogP contribution >= 0.6 is 0 Å². The Hall–Kier alpha value is -7.98. The van der Waals surface area contributed by atoms with E-state index in [1.165, 1.54) is 18.3 Å². The van der Waals surface area contributed by atoms with Gasteiger partial charge in [-0.15, -0.1) is 5.10 Å². The summed E-state index contributed by atoms with van der Waals surface area (Å²) < 4.78 is 26.3. The zero-order valence-electron chi connectivity index (χ0n) is 46.9. The number of nitrogens with zero attached hydrogens (tertiary/aromatic N) is 7. The number of hydrogen-bond acceptors (Lipinski definition) is 14. The van der Waals surface area contributed by atoms with Crippen LogP contribution in [0.5, 0.6) is 17.4 Å². The van der Waals surface area contributed by atoms with Crippen molar-refractivity contribution in [2.24, 2.45) is 23.2 Å². The molecule has 0 unspecified atom stereocenters. The van der Waals surface area contributed by atoms with Gasteiger partial charge < -0.3 is 45.3 Å². The predicted octanol–water partition coefficient (Wildman–Crippen LogP) is 7.84. The molecule has 2 fully saturated rings. The number of carboxylic acids is 1. The van der Waals surface area contributed by atoms with E-state index in [1.807, 2.05) is 69.8 Å². The molecule has 2 aliphatic rings. The van der Waals surface area contributed by atoms with E-state index in [0.717, 1.165) is 73.9 Å². The van der Waals surface area contributed by atoms with Gasteiger partial charge in [0, 0.05) is 61.1 Å². The molecule has 8 rings (SSSR count). The summed E-state index contributed by atoms with van der Waals surface area (Å²) in [6.45, 7) is 12.6. The summed E-state index contributed by atoms with van der Waals surface area (Å²) in [5, 5.41) is 41.5. The van der Waals surface area contributed by atoms with Crippen molar-refractivity contribution in [2.45, 2.75) is 131 Å². The fourth-order valence-corrected chi connectivity index (χ4v) is 9.73. The van der Waals surface area contributed by atoms with E-state index in [9.17, 15) is 29.1 Å². The van der Waals surface area contributed by atoms with Crippen molar-refractivity contribution in [1.82, 2.24) is 55.9 Å². The Kier molecular flexibility index (Phi) is 20.8. The van der Waals surface area contributed by atoms with Gasteiger partial charge in [-0.05, 0) is 130 Å². The largest absolute Gasteiger partial charge is 0.484 e. The Morgan fingerprint density at radius 3 is 2.27 bits per heavy atom. The molecule has 6 aromatic rings. The number of carboxylic acid groups (broad SMARTS) is 1. The number of aromatic amines is 1. The molecule has 432 valence electrons. The zero-order chi connectivity index (χ0) is 57.3. The highest BCUT2D eigenvalue weighted by molar-refractivity contribution is 6.01. The van der Waals surface area contributed by atoms with Gasteiger partial charge in [0.15, 0.2) is 6.61 Å². The third kappa shape index (κ3) is 18.3. The van der Waals surface area contributed by atoms with Crippen molar-refractivity contribution in [3.05, 3.63) is 114 Å². The van der Waals surface area contributed by atoms with Crippen LogP contribution in [0.4, 0.5) is 5.69 Å². The lowest BCUT2D eigenvalue weighted by Gasteiger charge is -2.27. The molecule has 0 spiro atoms. The summed E-state index contributed by atoms with van der Waals surface area (Å²) >= 11 is 0. The summed E-state index contributed by atoms with van der Waals surface area (Å²) in [6.07, 6.45) is 13.7. The van der Waals surface area contributed by atoms with Crippen LogP contribution in [0.25, 0.3) is 11.1 Å². The Labute approximate surface area is 471 Å². The van der Waals surface area contributed by atoms with E-state index < -0.39 is 24.0 Å². The van der Waals surface area contributed by atoms with Gasteiger partial charge in [0.1, 0.15) is 35.0 Å². The maximum Gasteiger partial charge on any atom is 0.326 e. The van der Waals surface area contributed by atoms with E-state index >= 15 is 0 Å². The van der Waals surface area contributed by atoms with Crippen LogP contribution in [-0.4, -0.2) is 120 Å². The van der Waals surface area contributed by atoms with Crippen molar-refractivity contribution >= 4 is 35.3 Å². The number of anilines is 1. The average molecular weight is 1110 g/mol. The van der Waals surface area contributed by atoms with Crippen molar-refractivity contribution < 1.29 is 48.0 Å². The number of pyridine rings is 1. The maximum atomic E-state index is 14.0. The first-order valence-corrected chi connectivity index (χ1v) is 28.0. The number of rotatable bonds is 33. The number of aromatic nitrogens is 8. The first kappa shape index (κ1) is 59.1. The van der Waals surface area contributed by atoms with Gasteiger partial charge >= 0.3 is 5.97 Å². The van der Waals surface area contributed by atoms with Crippen LogP contribution in [-0.2, 0) is 43.6 Å². The van der Waals surface area contributed by atoms with Gasteiger partial charge in [0.05, 0.1) is 43.9 Å². The summed E-state index contributed by atoms with van der Waals surface area (Å²) in [4.78, 5) is 69.0. The third-order valence-corrected chi connectivity index (χ3v) is 14.3. The first-order chi connectivity index (χ1) is 39.1. The molecule has 6 N–H and O–H groups in total. The molecule has 0 radical (unpaired) electrons. The van der Waals surface area contributed by atoms with Crippen LogP contribution in [0.15, 0.2) is 85.3 Å². The standard InChI is InChI=1S/C59H76N12O10/c1-38-52(39(2)67-66-38)40-17-20-44(21-18-40)63-57(75)54(53(41-13-14-41)42-15-16-42)65-56(74)49-24-26-62-71(49)29-9-7-6-8-28-70-35-45(68-69-70)36-79-32-31-78-30-27-60-50(72)37-80-46-11-10-12-47(33-46)81-51-22-19-43(34-61-51)55(73)64-48(58(76)77)23-25-59(3,4)5/h10-12,17-22,24,26,33-35,41-42,48,53-54H,6-9,13-16,23,25,27-32,36-37H2,1-5H3,(H,60,72)(H,63,75)(H,64,73)(H,65,74)(H,66,67)(H,76,77)/t48-,54-/m0/s1. The molecule has 4 heterocycles. The predicted molar refractivity (Wildman–Crippen MR) is 300 cm³/mol. The maximum absolute atomic E-state index is 14.0. The molecular formula is C59H76N12O10. The number of hydrogen-bond donors (Lipinski definition) is 6. The van der Waals surface area contributed by atoms with E-state index in [1.54, 1.807) is 41.2 Å². The number of H-pyrrole nitrogens is 1. The summed E-state index contributed by atoms with van der Waals surface area (Å²) in [5.74, 6) is -0.475. The number of benzene rings is 2. The van der Waals surface area contributed by atoms with Gasteiger partial charge in [-0.2, -0.15) is 10.2 Å². The number of unbranched alkanes of at least 4 members (excludes halogenated alkanes) is 3. The van der Waals surface area contributed by atoms with Crippen LogP contribution in [0.2, 0.25) is 0 Å². The molecule has 0 bridgehead atoms. The molecule has 22 heteroatoms. The first-order valence-electron chi connectivity index (χ1n) is 28.0. The molecule has 22 nitrogen and oxygen atoms in total. The summed E-state index contributed by atoms with van der Waals surface area (Å²) in [6, 6.07) is 17.5. The minimum atomic E-state index is -1.10. The highest BCUT2D eigenvalue weighted by Crippen LogP contribution is 2.51. The van der Waals surface area contributed by atoms with E-state index in [2.05, 4.69) is 51.9 Å². The fourth-order valence-electron chi connectivity index (χ4n) is 9.73. The van der Waals surface area contributed by atoms with Gasteiger partial charge in [0.2, 0.25) is 11.8 Å². The Morgan fingerprint density at radius 2 is 1.58 bits per heavy atom. The van der Waals surface area contributed by atoms with Crippen molar-refractivity contribution in [1.29, 1.82) is 0 Å². The normalized spacial score (nSPS) is 14.0. The third-order valence-electron chi connectivity index (χ3n) is 14.3. The van der Waals surface area contributed by atoms with Crippen molar-refractivity contribution in [2.75, 3.05) is 38.3 Å². The molecular weight excluding hydrogens is 1040 g/mol. The van der Waals surface area contributed by atoms with Crippen LogP contribution < -0.4 is 30.7 Å². The number of aliphatic carboxylic acids is 1. The van der Waals surface area contributed by atoms with Crippen molar-refractivity contribution in [3.8, 4) is 28.5 Å². The van der Waals surface area contributed by atoms with Crippen LogP contribution in [0.3, 0.4) is 0 Å². The monoisotopic (exact) mass is 1110 g/mol. The number of aryl methyl sites for hydroxylation is 4. The van der Waals surface area contributed by atoms with Gasteiger partial charge in [-0.25, -0.2) is 9.78 Å². The molecule has 2 aromatic carbocycles. The van der Waals surface area contributed by atoms with Crippen molar-refractivity contribution in [3.63, 3.8) is 0 Å². The lowest BCUT2D eigenvalue weighted by Crippen LogP contribution is -2.50. The molecule has 2 aliphatic carbocycles. The second-order valence-corrected chi connectivity index (χ2v) is 22.1. The van der Waals surface area contributed by atoms with E-state index in [4.69, 9.17) is 18.9 Å². The number of ether oxygens (including phenoxy) is 4. The topological polar surface area (TPSA) is 281 Å². The Bertz CT molecular complexity index is 3000. The highest BCUT2D eigenvalue weighted by Gasteiger charge is 2.48. The number of carbonyl (C=O) groups is 5. The van der Waals surface area contributed by atoms with E-state index in [-0.39, 0.29) is 66.9 Å². The molecule has 0 saturated heterocycles. The van der Waals surface area contributed by atoms with Crippen LogP contribution in [0, 0.1) is 37.0 Å². The minimum absolute atomic E-state index is 0.0746. The lowest BCUT2D eigenvalue weighted by atomic mass is 9.88. The Balaban J connectivity index is 0.659. The van der Waals surface area contributed by atoms with Gasteiger partial charge in [-0.1, -0.05) is 57.0 Å². The zero-order valence-corrected chi connectivity index (χ0v) is 46.9. The Morgan fingerprint density at radius 1 is 0.840 bits per heavy atom. The SMILES string of the molecule is Cc1n[nH]c(C)c1-c1ccc(NC(=O)[C@@H](NC(=O)c2ccnn2CCCCCCn2cc(COCCOCCNC(=O)COc3cccc(Oc4ccc(C(=O)N[C@@H](CCC(C)(C)C)C(=O)O)cn4)c3)nn2)C(C2CC2)C2CC2)cc1. The second kappa shape index (κ2) is 28.4. The smallest absolute Gasteiger partial charge is 0.326 e. The minimum Gasteiger partial charge on any atom is -0.484 e. The number of amides is 4. The molecule has 4 amide bonds. The highest BCUT2D eigenvalue weighted by atomic mass is 16.5. The fraction of sp³-hybridized carbons (Fsp3) is 0.492. The number of nitrogens with one attached hydrogen (secondary N) is 5. The molecule has 2 atom stereocenters. The second-order valence-electron chi connectivity index (χ2n) is 22.1. The molecule has 4 aromatic heterocycles. The van der Waals surface area contributed by atoms with Gasteiger partial charge in [0.25, 0.3) is 17.7 Å². The lowest BCUT2D eigenvalue weighted by molar-refractivity contribution is -0.139. The molecule has 0 aliphatic heterocycles. The molecule has 2 saturated carbocycles. The summed E-state index contributed by atoms with van der Waals surface area (Å²) in [7, 11) is 0. The quantitative estimate of drug-likeness (QED) is 0.0214. The average Bonchev–Trinajstić information content (AvgIpc) is 4.45. The number of carbonyl (C=O) groups excluding carboxylic acids is 4. The summed E-state index contributed by atoms with van der Waals surface area (Å²) in [5.41, 5.74) is 5.94.